The highest BCUT2D eigenvalue weighted by Gasteiger charge is 2.32. The maximum Gasteiger partial charge on any atom is 0.433 e. The zero-order valence-electron chi connectivity index (χ0n) is 17.9. The van der Waals surface area contributed by atoms with Gasteiger partial charge in [-0.05, 0) is 39.0 Å². The Bertz CT molecular complexity index is 1130. The van der Waals surface area contributed by atoms with Gasteiger partial charge in [0, 0.05) is 44.1 Å². The van der Waals surface area contributed by atoms with E-state index in [4.69, 9.17) is 0 Å². The predicted octanol–water partition coefficient (Wildman–Crippen LogP) is 2.96. The van der Waals surface area contributed by atoms with Crippen LogP contribution in [0.2, 0.25) is 0 Å². The Morgan fingerprint density at radius 3 is 2.22 bits per heavy atom. The standard InChI is InChI=1S/C21H22F3N7O/c1-13-10-14(2)31(28-13)19-11-18(26-15(3)27-19)29-6-8-30(9-7-29)20(32)16-4-5-17(25-12-16)21(22,23)24/h4-5,10-12H,6-9H2,1-3H3. The normalized spacial score (nSPS) is 14.7. The molecule has 4 heterocycles. The third-order valence-electron chi connectivity index (χ3n) is 5.23. The number of aryl methyl sites for hydroxylation is 3. The van der Waals surface area contributed by atoms with E-state index >= 15 is 0 Å². The summed E-state index contributed by atoms with van der Waals surface area (Å²) < 4.78 is 39.8. The van der Waals surface area contributed by atoms with Crippen molar-refractivity contribution in [2.75, 3.05) is 31.1 Å². The lowest BCUT2D eigenvalue weighted by atomic mass is 10.2. The number of pyridine rings is 1. The smallest absolute Gasteiger partial charge is 0.353 e. The fourth-order valence-corrected chi connectivity index (χ4v) is 3.68. The highest BCUT2D eigenvalue weighted by Crippen LogP contribution is 2.27. The fourth-order valence-electron chi connectivity index (χ4n) is 3.68. The highest BCUT2D eigenvalue weighted by atomic mass is 19.4. The number of hydrogen-bond acceptors (Lipinski definition) is 6. The molecule has 0 bridgehead atoms. The number of hydrogen-bond donors (Lipinski definition) is 0. The van der Waals surface area contributed by atoms with E-state index in [0.29, 0.717) is 37.8 Å². The number of rotatable bonds is 3. The second-order valence-electron chi connectivity index (χ2n) is 7.68. The van der Waals surface area contributed by atoms with Gasteiger partial charge >= 0.3 is 6.18 Å². The maximum atomic E-state index is 12.7. The van der Waals surface area contributed by atoms with Gasteiger partial charge in [0.2, 0.25) is 0 Å². The average Bonchev–Trinajstić information content (AvgIpc) is 3.10. The van der Waals surface area contributed by atoms with Crippen LogP contribution in [-0.2, 0) is 6.18 Å². The number of halogens is 3. The number of piperazine rings is 1. The molecule has 1 amide bonds. The van der Waals surface area contributed by atoms with Crippen molar-refractivity contribution in [1.82, 2.24) is 29.6 Å². The van der Waals surface area contributed by atoms with Gasteiger partial charge in [0.15, 0.2) is 5.82 Å². The molecule has 0 saturated carbocycles. The van der Waals surface area contributed by atoms with Crippen molar-refractivity contribution in [3.63, 3.8) is 0 Å². The van der Waals surface area contributed by atoms with Crippen molar-refractivity contribution in [2.24, 2.45) is 0 Å². The minimum Gasteiger partial charge on any atom is -0.353 e. The van der Waals surface area contributed by atoms with Gasteiger partial charge < -0.3 is 9.80 Å². The quantitative estimate of drug-likeness (QED) is 0.617. The van der Waals surface area contributed by atoms with Crippen LogP contribution in [-0.4, -0.2) is 61.7 Å². The van der Waals surface area contributed by atoms with Crippen LogP contribution in [0.5, 0.6) is 0 Å². The summed E-state index contributed by atoms with van der Waals surface area (Å²) in [6, 6.07) is 5.83. The molecule has 1 saturated heterocycles. The van der Waals surface area contributed by atoms with Gasteiger partial charge in [0.1, 0.15) is 17.3 Å². The van der Waals surface area contributed by atoms with Crippen molar-refractivity contribution in [3.05, 3.63) is 58.9 Å². The first kappa shape index (κ1) is 21.7. The fraction of sp³-hybridized carbons (Fsp3) is 0.381. The van der Waals surface area contributed by atoms with E-state index in [1.54, 1.807) is 9.58 Å². The molecular weight excluding hydrogens is 423 g/mol. The Morgan fingerprint density at radius 2 is 1.66 bits per heavy atom. The lowest BCUT2D eigenvalue weighted by Gasteiger charge is -2.35. The molecule has 8 nitrogen and oxygen atoms in total. The molecule has 0 aliphatic carbocycles. The highest BCUT2D eigenvalue weighted by molar-refractivity contribution is 5.94. The van der Waals surface area contributed by atoms with E-state index in [-0.39, 0.29) is 11.5 Å². The Labute approximate surface area is 182 Å². The number of carbonyl (C=O) groups excluding carboxylic acids is 1. The summed E-state index contributed by atoms with van der Waals surface area (Å²) in [4.78, 5) is 28.8. The first-order valence-corrected chi connectivity index (χ1v) is 10.1. The minimum absolute atomic E-state index is 0.135. The number of amides is 1. The number of alkyl halides is 3. The van der Waals surface area contributed by atoms with E-state index in [0.717, 1.165) is 29.5 Å². The molecule has 0 radical (unpaired) electrons. The third kappa shape index (κ3) is 4.41. The van der Waals surface area contributed by atoms with Gasteiger partial charge in [0.05, 0.1) is 11.3 Å². The summed E-state index contributed by atoms with van der Waals surface area (Å²) in [5, 5.41) is 4.48. The monoisotopic (exact) mass is 445 g/mol. The average molecular weight is 445 g/mol. The predicted molar refractivity (Wildman–Crippen MR) is 111 cm³/mol. The van der Waals surface area contributed by atoms with E-state index in [1.807, 2.05) is 32.9 Å². The van der Waals surface area contributed by atoms with Gasteiger partial charge in [-0.2, -0.15) is 18.3 Å². The maximum absolute atomic E-state index is 12.7. The summed E-state index contributed by atoms with van der Waals surface area (Å²) in [7, 11) is 0. The third-order valence-corrected chi connectivity index (χ3v) is 5.23. The minimum atomic E-state index is -4.53. The Morgan fingerprint density at radius 1 is 0.969 bits per heavy atom. The molecular formula is C21H22F3N7O. The molecule has 0 N–H and O–H groups in total. The number of nitrogens with zero attached hydrogens (tertiary/aromatic N) is 7. The van der Waals surface area contributed by atoms with Gasteiger partial charge in [-0.3, -0.25) is 9.78 Å². The van der Waals surface area contributed by atoms with Crippen LogP contribution in [0.4, 0.5) is 19.0 Å². The molecule has 3 aromatic rings. The van der Waals surface area contributed by atoms with E-state index < -0.39 is 11.9 Å². The van der Waals surface area contributed by atoms with Crippen LogP contribution in [0.25, 0.3) is 5.82 Å². The summed E-state index contributed by atoms with van der Waals surface area (Å²) in [6.45, 7) is 7.59. The van der Waals surface area contributed by atoms with E-state index in [2.05, 4.69) is 25.0 Å². The largest absolute Gasteiger partial charge is 0.433 e. The molecule has 3 aromatic heterocycles. The number of carbonyl (C=O) groups is 1. The first-order chi connectivity index (χ1) is 15.1. The van der Waals surface area contributed by atoms with Crippen molar-refractivity contribution < 1.29 is 18.0 Å². The molecule has 168 valence electrons. The second-order valence-corrected chi connectivity index (χ2v) is 7.68. The molecule has 0 spiro atoms. The summed E-state index contributed by atoms with van der Waals surface area (Å²) >= 11 is 0. The topological polar surface area (TPSA) is 80.0 Å². The van der Waals surface area contributed by atoms with Crippen LogP contribution < -0.4 is 4.90 Å². The summed E-state index contributed by atoms with van der Waals surface area (Å²) in [6.07, 6.45) is -3.55. The summed E-state index contributed by atoms with van der Waals surface area (Å²) in [5.74, 6) is 1.68. The molecule has 1 aliphatic heterocycles. The number of anilines is 1. The van der Waals surface area contributed by atoms with Gasteiger partial charge in [0.25, 0.3) is 5.91 Å². The molecule has 0 atom stereocenters. The molecule has 32 heavy (non-hydrogen) atoms. The van der Waals surface area contributed by atoms with Crippen LogP contribution in [0.1, 0.15) is 33.3 Å². The Hall–Kier alpha value is -3.50. The molecule has 0 aromatic carbocycles. The van der Waals surface area contributed by atoms with Crippen molar-refractivity contribution >= 4 is 11.7 Å². The van der Waals surface area contributed by atoms with Gasteiger partial charge in [-0.1, -0.05) is 0 Å². The van der Waals surface area contributed by atoms with Gasteiger partial charge in [-0.25, -0.2) is 14.6 Å². The van der Waals surface area contributed by atoms with Crippen LogP contribution >= 0.6 is 0 Å². The second kappa shape index (κ2) is 8.21. The lowest BCUT2D eigenvalue weighted by Crippen LogP contribution is -2.49. The SMILES string of the molecule is Cc1cc(C)n(-c2cc(N3CCN(C(=O)c4ccc(C(F)(F)F)nc4)CC3)nc(C)n2)n1. The van der Waals surface area contributed by atoms with E-state index in [9.17, 15) is 18.0 Å². The molecule has 4 rings (SSSR count). The molecule has 0 unspecified atom stereocenters. The van der Waals surface area contributed by atoms with Crippen molar-refractivity contribution in [2.45, 2.75) is 26.9 Å². The molecule has 11 heteroatoms. The zero-order valence-corrected chi connectivity index (χ0v) is 17.9. The number of aromatic nitrogens is 5. The summed E-state index contributed by atoms with van der Waals surface area (Å²) in [5.41, 5.74) is 0.977. The van der Waals surface area contributed by atoms with Gasteiger partial charge in [-0.15, -0.1) is 0 Å². The van der Waals surface area contributed by atoms with Crippen LogP contribution in [0.15, 0.2) is 30.5 Å². The molecule has 1 aliphatic rings. The molecule has 1 fully saturated rings. The zero-order chi connectivity index (χ0) is 23.0. The lowest BCUT2D eigenvalue weighted by molar-refractivity contribution is -0.141. The van der Waals surface area contributed by atoms with Crippen LogP contribution in [0.3, 0.4) is 0 Å². The first-order valence-electron chi connectivity index (χ1n) is 10.1. The van der Waals surface area contributed by atoms with Crippen LogP contribution in [0, 0.1) is 20.8 Å². The Kier molecular flexibility index (Phi) is 5.57. The van der Waals surface area contributed by atoms with Crippen molar-refractivity contribution in [1.29, 1.82) is 0 Å². The van der Waals surface area contributed by atoms with E-state index in [1.165, 1.54) is 6.07 Å². The van der Waals surface area contributed by atoms with Crippen molar-refractivity contribution in [3.8, 4) is 5.82 Å². The Balaban J connectivity index is 1.46.